The van der Waals surface area contributed by atoms with E-state index in [0.29, 0.717) is 11.4 Å². The number of aromatic carboxylic acids is 1. The zero-order valence-corrected chi connectivity index (χ0v) is 9.11. The minimum Gasteiger partial charge on any atom is -0.478 e. The highest BCUT2D eigenvalue weighted by Gasteiger charge is 2.30. The van der Waals surface area contributed by atoms with Crippen molar-refractivity contribution in [2.75, 3.05) is 0 Å². The van der Waals surface area contributed by atoms with Crippen molar-refractivity contribution in [1.29, 1.82) is 0 Å². The van der Waals surface area contributed by atoms with E-state index in [1.807, 2.05) is 6.20 Å². The van der Waals surface area contributed by atoms with E-state index in [1.165, 1.54) is 0 Å². The fourth-order valence-corrected chi connectivity index (χ4v) is 2.20. The molecule has 0 unspecified atom stereocenters. The first-order chi connectivity index (χ1) is 7.68. The Balaban J connectivity index is 2.35. The molecule has 1 aliphatic rings. The Morgan fingerprint density at radius 3 is 2.94 bits per heavy atom. The van der Waals surface area contributed by atoms with E-state index in [2.05, 4.69) is 4.98 Å². The normalized spacial score (nSPS) is 15.6. The molecule has 2 aromatic rings. The summed E-state index contributed by atoms with van der Waals surface area (Å²) < 4.78 is 1.80. The number of nitrogens with zero attached hydrogens (tertiary/aromatic N) is 2. The zero-order chi connectivity index (χ0) is 11.3. The quantitative estimate of drug-likeness (QED) is 0.872. The van der Waals surface area contributed by atoms with Crippen molar-refractivity contribution >= 4 is 23.1 Å². The van der Waals surface area contributed by atoms with Crippen LogP contribution in [0.4, 0.5) is 0 Å². The lowest BCUT2D eigenvalue weighted by Gasteiger charge is -2.01. The number of imidazole rings is 1. The second-order valence-corrected chi connectivity index (χ2v) is 4.34. The summed E-state index contributed by atoms with van der Waals surface area (Å²) in [4.78, 5) is 15.3. The van der Waals surface area contributed by atoms with Gasteiger partial charge in [-0.2, -0.15) is 0 Å². The molecule has 0 spiro atoms. The van der Waals surface area contributed by atoms with Crippen LogP contribution in [0.15, 0.2) is 18.3 Å². The first-order valence-corrected chi connectivity index (χ1v) is 5.46. The minimum absolute atomic E-state index is 0.201. The first-order valence-electron chi connectivity index (χ1n) is 5.08. The maximum atomic E-state index is 11.1. The molecule has 4 nitrogen and oxygen atoms in total. The minimum atomic E-state index is -0.977. The van der Waals surface area contributed by atoms with Crippen LogP contribution in [-0.2, 0) is 0 Å². The van der Waals surface area contributed by atoms with Gasteiger partial charge in [0, 0.05) is 12.1 Å². The maximum Gasteiger partial charge on any atom is 0.337 e. The average molecular weight is 237 g/mol. The lowest BCUT2D eigenvalue weighted by atomic mass is 10.2. The molecule has 0 aromatic carbocycles. The molecular weight excluding hydrogens is 228 g/mol. The highest BCUT2D eigenvalue weighted by atomic mass is 35.5. The van der Waals surface area contributed by atoms with Crippen molar-refractivity contribution in [3.63, 3.8) is 0 Å². The van der Waals surface area contributed by atoms with Crippen LogP contribution in [0.2, 0.25) is 5.15 Å². The van der Waals surface area contributed by atoms with Crippen LogP contribution in [0.1, 0.15) is 34.9 Å². The van der Waals surface area contributed by atoms with E-state index in [1.54, 1.807) is 16.5 Å². The third-order valence-corrected chi connectivity index (χ3v) is 3.09. The molecule has 0 bridgehead atoms. The lowest BCUT2D eigenvalue weighted by Crippen LogP contribution is -2.00. The van der Waals surface area contributed by atoms with Crippen molar-refractivity contribution in [3.8, 4) is 0 Å². The molecule has 0 saturated heterocycles. The van der Waals surface area contributed by atoms with Crippen LogP contribution < -0.4 is 0 Å². The molecule has 0 radical (unpaired) electrons. The molecular formula is C11H9ClN2O2. The Bertz CT molecular complexity index is 587. The second-order valence-electron chi connectivity index (χ2n) is 3.98. The number of carboxylic acid groups (broad SMARTS) is 1. The smallest absolute Gasteiger partial charge is 0.337 e. The molecule has 0 atom stereocenters. The molecule has 16 heavy (non-hydrogen) atoms. The predicted octanol–water partition coefficient (Wildman–Crippen LogP) is 2.56. The monoisotopic (exact) mass is 236 g/mol. The fourth-order valence-electron chi connectivity index (χ4n) is 1.92. The SMILES string of the molecule is O=C(O)c1cccn2c(C3CC3)nc(Cl)c12. The van der Waals surface area contributed by atoms with Gasteiger partial charge in [-0.05, 0) is 25.0 Å². The third-order valence-electron chi connectivity index (χ3n) is 2.82. The van der Waals surface area contributed by atoms with E-state index in [4.69, 9.17) is 16.7 Å². The molecule has 3 rings (SSSR count). The summed E-state index contributed by atoms with van der Waals surface area (Å²) >= 11 is 6.00. The Kier molecular flexibility index (Phi) is 1.94. The van der Waals surface area contributed by atoms with E-state index in [0.717, 1.165) is 18.7 Å². The fraction of sp³-hybridized carbons (Fsp3) is 0.273. The number of carbonyl (C=O) groups is 1. The molecule has 1 fully saturated rings. The summed E-state index contributed by atoms with van der Waals surface area (Å²) in [6.07, 6.45) is 4.02. The summed E-state index contributed by atoms with van der Waals surface area (Å²) in [6.45, 7) is 0. The Labute approximate surface area is 96.5 Å². The molecule has 1 aliphatic carbocycles. The zero-order valence-electron chi connectivity index (χ0n) is 8.35. The summed E-state index contributed by atoms with van der Waals surface area (Å²) in [5.41, 5.74) is 0.700. The summed E-state index contributed by atoms with van der Waals surface area (Å²) in [6, 6.07) is 3.25. The standard InChI is InChI=1S/C11H9ClN2O2/c12-9-8-7(11(15)16)2-1-5-14(8)10(13-9)6-3-4-6/h1-2,5-6H,3-4H2,(H,15,16). The molecule has 1 N–H and O–H groups in total. The summed E-state index contributed by atoms with van der Waals surface area (Å²) in [5.74, 6) is 0.335. The molecule has 0 aliphatic heterocycles. The van der Waals surface area contributed by atoms with Gasteiger partial charge in [-0.3, -0.25) is 0 Å². The Hall–Kier alpha value is -1.55. The van der Waals surface area contributed by atoms with Crippen LogP contribution in [0, 0.1) is 0 Å². The largest absolute Gasteiger partial charge is 0.478 e. The van der Waals surface area contributed by atoms with Crippen LogP contribution in [0.3, 0.4) is 0 Å². The van der Waals surface area contributed by atoms with Gasteiger partial charge >= 0.3 is 5.97 Å². The molecule has 2 aromatic heterocycles. The molecule has 1 saturated carbocycles. The van der Waals surface area contributed by atoms with Crippen molar-refractivity contribution < 1.29 is 9.90 Å². The molecule has 5 heteroatoms. The number of pyridine rings is 1. The summed E-state index contributed by atoms with van der Waals surface area (Å²) in [7, 11) is 0. The van der Waals surface area contributed by atoms with Gasteiger partial charge in [0.2, 0.25) is 0 Å². The van der Waals surface area contributed by atoms with Gasteiger partial charge in [0.25, 0.3) is 0 Å². The lowest BCUT2D eigenvalue weighted by molar-refractivity contribution is 0.0698. The topological polar surface area (TPSA) is 54.6 Å². The average Bonchev–Trinajstić information content (AvgIpc) is 3.04. The highest BCUT2D eigenvalue weighted by molar-refractivity contribution is 6.33. The van der Waals surface area contributed by atoms with E-state index >= 15 is 0 Å². The molecule has 2 heterocycles. The highest BCUT2D eigenvalue weighted by Crippen LogP contribution is 2.41. The van der Waals surface area contributed by atoms with Crippen molar-refractivity contribution in [1.82, 2.24) is 9.38 Å². The number of aromatic nitrogens is 2. The molecule has 82 valence electrons. The summed E-state index contributed by atoms with van der Waals surface area (Å²) in [5, 5.41) is 9.35. The predicted molar refractivity (Wildman–Crippen MR) is 59.1 cm³/mol. The van der Waals surface area contributed by atoms with Gasteiger partial charge in [-0.15, -0.1) is 0 Å². The number of halogens is 1. The Morgan fingerprint density at radius 2 is 2.31 bits per heavy atom. The van der Waals surface area contributed by atoms with Gasteiger partial charge in [0.15, 0.2) is 5.15 Å². The van der Waals surface area contributed by atoms with Gasteiger partial charge in [0.1, 0.15) is 5.82 Å². The van der Waals surface area contributed by atoms with Crippen LogP contribution >= 0.6 is 11.6 Å². The van der Waals surface area contributed by atoms with Crippen LogP contribution in [0.25, 0.3) is 5.52 Å². The number of carboxylic acids is 1. The van der Waals surface area contributed by atoms with Crippen LogP contribution in [-0.4, -0.2) is 20.5 Å². The number of hydrogen-bond donors (Lipinski definition) is 1. The number of fused-ring (bicyclic) bond motifs is 1. The second kappa shape index (κ2) is 3.22. The number of hydrogen-bond acceptors (Lipinski definition) is 2. The molecule has 0 amide bonds. The van der Waals surface area contributed by atoms with Crippen molar-refractivity contribution in [2.45, 2.75) is 18.8 Å². The van der Waals surface area contributed by atoms with Crippen molar-refractivity contribution in [3.05, 3.63) is 34.9 Å². The number of rotatable bonds is 2. The third kappa shape index (κ3) is 1.30. The first kappa shape index (κ1) is 9.66. The van der Waals surface area contributed by atoms with Gasteiger partial charge < -0.3 is 9.51 Å². The van der Waals surface area contributed by atoms with Gasteiger partial charge in [-0.1, -0.05) is 11.6 Å². The van der Waals surface area contributed by atoms with Gasteiger partial charge in [-0.25, -0.2) is 9.78 Å². The Morgan fingerprint density at radius 1 is 1.56 bits per heavy atom. The maximum absolute atomic E-state index is 11.1. The van der Waals surface area contributed by atoms with Crippen molar-refractivity contribution in [2.24, 2.45) is 0 Å². The van der Waals surface area contributed by atoms with E-state index < -0.39 is 5.97 Å². The van der Waals surface area contributed by atoms with Crippen LogP contribution in [0.5, 0.6) is 0 Å². The van der Waals surface area contributed by atoms with Gasteiger partial charge in [0.05, 0.1) is 11.1 Å². The van der Waals surface area contributed by atoms with E-state index in [9.17, 15) is 4.79 Å². The van der Waals surface area contributed by atoms with E-state index in [-0.39, 0.29) is 10.7 Å².